The van der Waals surface area contributed by atoms with Gasteiger partial charge in [-0.3, -0.25) is 9.78 Å². The molecule has 0 saturated carbocycles. The molecule has 2 aromatic heterocycles. The number of nitrogens with zero attached hydrogens (tertiary/aromatic N) is 4. The molecule has 0 unspecified atom stereocenters. The quantitative estimate of drug-likeness (QED) is 0.661. The van der Waals surface area contributed by atoms with Gasteiger partial charge in [0.25, 0.3) is 0 Å². The zero-order chi connectivity index (χ0) is 19.3. The SMILES string of the molecule is O=C(CCc1csc(-c2cccnc2)n1)N1CCN(c2ccc(F)cc2)CC1. The van der Waals surface area contributed by atoms with Gasteiger partial charge in [-0.1, -0.05) is 0 Å². The van der Waals surface area contributed by atoms with Crippen LogP contribution in [0, 0.1) is 5.82 Å². The van der Waals surface area contributed by atoms with E-state index in [-0.39, 0.29) is 11.7 Å². The molecule has 3 aromatic rings. The summed E-state index contributed by atoms with van der Waals surface area (Å²) in [5.74, 6) is -0.0685. The number of halogens is 1. The number of anilines is 1. The number of thiazole rings is 1. The molecule has 4 rings (SSSR count). The summed E-state index contributed by atoms with van der Waals surface area (Å²) in [7, 11) is 0. The Balaban J connectivity index is 1.27. The molecule has 5 nitrogen and oxygen atoms in total. The molecule has 144 valence electrons. The Morgan fingerprint density at radius 1 is 1.11 bits per heavy atom. The van der Waals surface area contributed by atoms with Crippen LogP contribution < -0.4 is 4.90 Å². The summed E-state index contributed by atoms with van der Waals surface area (Å²) in [4.78, 5) is 25.4. The number of carbonyl (C=O) groups is 1. The van der Waals surface area contributed by atoms with E-state index < -0.39 is 0 Å². The van der Waals surface area contributed by atoms with Crippen molar-refractivity contribution in [3.8, 4) is 10.6 Å². The minimum absolute atomic E-state index is 0.162. The van der Waals surface area contributed by atoms with E-state index in [9.17, 15) is 9.18 Å². The topological polar surface area (TPSA) is 49.3 Å². The Bertz CT molecular complexity index is 921. The van der Waals surface area contributed by atoms with Gasteiger partial charge in [0.15, 0.2) is 0 Å². The van der Waals surface area contributed by atoms with Crippen LogP contribution in [-0.4, -0.2) is 47.0 Å². The Labute approximate surface area is 167 Å². The fraction of sp³-hybridized carbons (Fsp3) is 0.286. The smallest absolute Gasteiger partial charge is 0.223 e. The van der Waals surface area contributed by atoms with Crippen molar-refractivity contribution in [2.24, 2.45) is 0 Å². The number of hydrogen-bond donors (Lipinski definition) is 0. The molecule has 0 N–H and O–H groups in total. The lowest BCUT2D eigenvalue weighted by Crippen LogP contribution is -2.48. The highest BCUT2D eigenvalue weighted by Gasteiger charge is 2.21. The van der Waals surface area contributed by atoms with Gasteiger partial charge in [-0.05, 0) is 42.8 Å². The molecule has 28 heavy (non-hydrogen) atoms. The van der Waals surface area contributed by atoms with Crippen LogP contribution in [0.1, 0.15) is 12.1 Å². The average molecular weight is 396 g/mol. The van der Waals surface area contributed by atoms with Crippen molar-refractivity contribution in [1.29, 1.82) is 0 Å². The molecule has 1 saturated heterocycles. The number of piperazine rings is 1. The van der Waals surface area contributed by atoms with E-state index in [1.54, 1.807) is 35.9 Å². The molecule has 0 aliphatic carbocycles. The van der Waals surface area contributed by atoms with Crippen molar-refractivity contribution in [3.05, 3.63) is 65.7 Å². The third-order valence-electron chi connectivity index (χ3n) is 4.88. The molecule has 0 bridgehead atoms. The van der Waals surface area contributed by atoms with Crippen LogP contribution in [0.5, 0.6) is 0 Å². The zero-order valence-corrected chi connectivity index (χ0v) is 16.2. The summed E-state index contributed by atoms with van der Waals surface area (Å²) in [6.07, 6.45) is 4.65. The largest absolute Gasteiger partial charge is 0.368 e. The number of hydrogen-bond acceptors (Lipinski definition) is 5. The van der Waals surface area contributed by atoms with Crippen molar-refractivity contribution in [1.82, 2.24) is 14.9 Å². The van der Waals surface area contributed by atoms with Crippen LogP contribution in [0.15, 0.2) is 54.2 Å². The van der Waals surface area contributed by atoms with Gasteiger partial charge in [-0.25, -0.2) is 9.37 Å². The lowest BCUT2D eigenvalue weighted by molar-refractivity contribution is -0.131. The number of pyridine rings is 1. The van der Waals surface area contributed by atoms with Crippen LogP contribution in [0.4, 0.5) is 10.1 Å². The van der Waals surface area contributed by atoms with Gasteiger partial charge in [0.1, 0.15) is 10.8 Å². The second-order valence-corrected chi connectivity index (χ2v) is 7.59. The fourth-order valence-corrected chi connectivity index (χ4v) is 4.15. The normalized spacial score (nSPS) is 14.3. The van der Waals surface area contributed by atoms with Crippen LogP contribution in [0.3, 0.4) is 0 Å². The molecule has 1 fully saturated rings. The molecule has 0 spiro atoms. The van der Waals surface area contributed by atoms with Crippen molar-refractivity contribution >= 4 is 22.9 Å². The Kier molecular flexibility index (Phi) is 5.62. The molecule has 1 aliphatic rings. The lowest BCUT2D eigenvalue weighted by Gasteiger charge is -2.36. The van der Waals surface area contributed by atoms with E-state index in [4.69, 9.17) is 0 Å². The summed E-state index contributed by atoms with van der Waals surface area (Å²) in [6, 6.07) is 10.4. The average Bonchev–Trinajstić information content (AvgIpc) is 3.22. The Morgan fingerprint density at radius 3 is 2.61 bits per heavy atom. The van der Waals surface area contributed by atoms with Crippen molar-refractivity contribution in [3.63, 3.8) is 0 Å². The number of amides is 1. The number of carbonyl (C=O) groups excluding carboxylic acids is 1. The number of rotatable bonds is 5. The highest BCUT2D eigenvalue weighted by molar-refractivity contribution is 7.13. The lowest BCUT2D eigenvalue weighted by atomic mass is 10.2. The van der Waals surface area contributed by atoms with Crippen molar-refractivity contribution in [2.45, 2.75) is 12.8 Å². The standard InChI is InChI=1S/C21H21FN4OS/c22-17-3-6-19(7-4-17)25-10-12-26(13-11-25)20(27)8-5-18-15-28-21(24-18)16-2-1-9-23-14-16/h1-4,6-7,9,14-15H,5,8,10-13H2. The number of benzene rings is 1. The summed E-state index contributed by atoms with van der Waals surface area (Å²) in [6.45, 7) is 2.90. The molecule has 0 atom stereocenters. The van der Waals surface area contributed by atoms with E-state index in [0.717, 1.165) is 35.0 Å². The van der Waals surface area contributed by atoms with Gasteiger partial charge in [0.05, 0.1) is 5.69 Å². The van der Waals surface area contributed by atoms with Crippen molar-refractivity contribution < 1.29 is 9.18 Å². The predicted octanol–water partition coefficient (Wildman–Crippen LogP) is 3.63. The molecule has 1 aliphatic heterocycles. The second-order valence-electron chi connectivity index (χ2n) is 6.73. The van der Waals surface area contributed by atoms with Gasteiger partial charge >= 0.3 is 0 Å². The summed E-state index contributed by atoms with van der Waals surface area (Å²) >= 11 is 1.58. The van der Waals surface area contributed by atoms with E-state index >= 15 is 0 Å². The highest BCUT2D eigenvalue weighted by atomic mass is 32.1. The minimum Gasteiger partial charge on any atom is -0.368 e. The third-order valence-corrected chi connectivity index (χ3v) is 5.82. The van der Waals surface area contributed by atoms with E-state index in [2.05, 4.69) is 14.9 Å². The predicted molar refractivity (Wildman–Crippen MR) is 109 cm³/mol. The molecule has 7 heteroatoms. The first-order valence-electron chi connectivity index (χ1n) is 9.32. The molecule has 1 amide bonds. The molecule has 1 aromatic carbocycles. The Morgan fingerprint density at radius 2 is 1.89 bits per heavy atom. The second kappa shape index (κ2) is 8.48. The van der Waals surface area contributed by atoms with Crippen molar-refractivity contribution in [2.75, 3.05) is 31.1 Å². The maximum atomic E-state index is 13.1. The van der Waals surface area contributed by atoms with Crippen LogP contribution >= 0.6 is 11.3 Å². The Hall–Kier alpha value is -2.80. The summed E-state index contributed by atoms with van der Waals surface area (Å²) in [5.41, 5.74) is 2.95. The molecule has 0 radical (unpaired) electrons. The molecule has 3 heterocycles. The first kappa shape index (κ1) is 18.6. The van der Waals surface area contributed by atoms with Gasteiger partial charge in [0.2, 0.25) is 5.91 Å². The first-order valence-corrected chi connectivity index (χ1v) is 10.2. The van der Waals surface area contributed by atoms with Gasteiger partial charge in [-0.2, -0.15) is 0 Å². The van der Waals surface area contributed by atoms with Crippen LogP contribution in [-0.2, 0) is 11.2 Å². The molecular weight excluding hydrogens is 375 g/mol. The summed E-state index contributed by atoms with van der Waals surface area (Å²) < 4.78 is 13.1. The fourth-order valence-electron chi connectivity index (χ4n) is 3.30. The zero-order valence-electron chi connectivity index (χ0n) is 15.4. The van der Waals surface area contributed by atoms with E-state index in [0.29, 0.717) is 25.9 Å². The molecular formula is C21H21FN4OS. The maximum absolute atomic E-state index is 13.1. The third kappa shape index (κ3) is 4.36. The van der Waals surface area contributed by atoms with Gasteiger partial charge < -0.3 is 9.80 Å². The maximum Gasteiger partial charge on any atom is 0.223 e. The summed E-state index contributed by atoms with van der Waals surface area (Å²) in [5, 5.41) is 2.95. The van der Waals surface area contributed by atoms with E-state index in [1.807, 2.05) is 22.4 Å². The number of aryl methyl sites for hydroxylation is 1. The van der Waals surface area contributed by atoms with Crippen LogP contribution in [0.25, 0.3) is 10.6 Å². The van der Waals surface area contributed by atoms with Gasteiger partial charge in [-0.15, -0.1) is 11.3 Å². The van der Waals surface area contributed by atoms with Gasteiger partial charge in [0, 0.05) is 61.6 Å². The number of aromatic nitrogens is 2. The minimum atomic E-state index is -0.230. The first-order chi connectivity index (χ1) is 13.7. The monoisotopic (exact) mass is 396 g/mol. The van der Waals surface area contributed by atoms with E-state index in [1.165, 1.54) is 12.1 Å². The van der Waals surface area contributed by atoms with Crippen LogP contribution in [0.2, 0.25) is 0 Å². The highest BCUT2D eigenvalue weighted by Crippen LogP contribution is 2.23.